The summed E-state index contributed by atoms with van der Waals surface area (Å²) in [5.74, 6) is 0. The summed E-state index contributed by atoms with van der Waals surface area (Å²) in [7, 11) is 0. The first kappa shape index (κ1) is 15.6. The number of pyridine rings is 1. The average Bonchev–Trinajstić information content (AvgIpc) is 2.39. The molecule has 3 rings (SSSR count). The SMILES string of the molecule is [Y].[Zn].[c-]1ccc2ccccc2c1-c1ccccn1. The predicted octanol–water partition coefficient (Wildman–Crippen LogP) is 3.70. The van der Waals surface area contributed by atoms with E-state index in [1.807, 2.05) is 42.6 Å². The van der Waals surface area contributed by atoms with Crippen LogP contribution in [-0.4, -0.2) is 4.98 Å². The van der Waals surface area contributed by atoms with Gasteiger partial charge in [-0.25, -0.2) is 0 Å². The van der Waals surface area contributed by atoms with E-state index in [2.05, 4.69) is 29.2 Å². The molecule has 0 amide bonds. The Kier molecular flexibility index (Phi) is 6.29. The Morgan fingerprint density at radius 2 is 1.67 bits per heavy atom. The molecule has 0 saturated carbocycles. The van der Waals surface area contributed by atoms with Gasteiger partial charge in [0.1, 0.15) is 0 Å². The van der Waals surface area contributed by atoms with Crippen molar-refractivity contribution in [1.82, 2.24) is 4.98 Å². The monoisotopic (exact) mass is 357 g/mol. The molecule has 0 atom stereocenters. The van der Waals surface area contributed by atoms with Crippen molar-refractivity contribution in [3.63, 3.8) is 0 Å². The Balaban J connectivity index is 0.000000810. The Bertz CT molecular complexity index is 620. The molecule has 0 aliphatic carbocycles. The number of rotatable bonds is 1. The minimum atomic E-state index is 0. The maximum Gasteiger partial charge on any atom is 0.0160 e. The smallest absolute Gasteiger partial charge is 0.0160 e. The number of fused-ring (bicyclic) bond motifs is 1. The second kappa shape index (κ2) is 7.24. The maximum atomic E-state index is 4.37. The van der Waals surface area contributed by atoms with Crippen molar-refractivity contribution in [2.24, 2.45) is 0 Å². The fraction of sp³-hybridized carbons (Fsp3) is 0. The van der Waals surface area contributed by atoms with Crippen molar-refractivity contribution in [2.45, 2.75) is 0 Å². The first-order chi connectivity index (χ1) is 7.95. The molecule has 0 unspecified atom stereocenters. The van der Waals surface area contributed by atoms with Crippen LogP contribution in [0.15, 0.2) is 60.8 Å². The normalized spacial score (nSPS) is 9.33. The Morgan fingerprint density at radius 1 is 0.889 bits per heavy atom. The van der Waals surface area contributed by atoms with Gasteiger partial charge in [-0.1, -0.05) is 41.8 Å². The van der Waals surface area contributed by atoms with Crippen molar-refractivity contribution < 1.29 is 52.2 Å². The third kappa shape index (κ3) is 3.12. The summed E-state index contributed by atoms with van der Waals surface area (Å²) in [6.07, 6.45) is 1.81. The molecular formula is C15H10NYZn-. The van der Waals surface area contributed by atoms with E-state index in [-0.39, 0.29) is 52.2 Å². The van der Waals surface area contributed by atoms with Crippen LogP contribution in [-0.2, 0) is 52.2 Å². The largest absolute Gasteiger partial charge is 0.305 e. The van der Waals surface area contributed by atoms with E-state index in [1.165, 1.54) is 10.8 Å². The molecule has 1 heterocycles. The third-order valence-electron chi connectivity index (χ3n) is 2.64. The Labute approximate surface area is 145 Å². The Morgan fingerprint density at radius 3 is 2.44 bits per heavy atom. The molecule has 0 aliphatic heterocycles. The van der Waals surface area contributed by atoms with Gasteiger partial charge in [-0.05, 0) is 11.8 Å². The summed E-state index contributed by atoms with van der Waals surface area (Å²) in [6, 6.07) is 21.5. The summed E-state index contributed by atoms with van der Waals surface area (Å²) >= 11 is 0. The standard InChI is InChI=1S/C15H10N.Y.Zn/c1-2-8-13-12(6-1)7-5-9-14(13)15-10-3-4-11-16-15;;/h1-8,10-11H;;/q-1;;. The minimum Gasteiger partial charge on any atom is -0.305 e. The zero-order chi connectivity index (χ0) is 10.8. The van der Waals surface area contributed by atoms with Gasteiger partial charge >= 0.3 is 0 Å². The number of aromatic nitrogens is 1. The predicted molar refractivity (Wildman–Crippen MR) is 66.0 cm³/mol. The van der Waals surface area contributed by atoms with Crippen molar-refractivity contribution in [1.29, 1.82) is 0 Å². The molecule has 1 radical (unpaired) electrons. The fourth-order valence-corrected chi connectivity index (χ4v) is 1.89. The number of hydrogen-bond donors (Lipinski definition) is 0. The van der Waals surface area contributed by atoms with Crippen LogP contribution < -0.4 is 0 Å². The van der Waals surface area contributed by atoms with Crippen molar-refractivity contribution >= 4 is 10.8 Å². The molecule has 3 aromatic rings. The third-order valence-corrected chi connectivity index (χ3v) is 2.64. The van der Waals surface area contributed by atoms with E-state index in [9.17, 15) is 0 Å². The molecule has 18 heavy (non-hydrogen) atoms. The van der Waals surface area contributed by atoms with Crippen molar-refractivity contribution in [3.8, 4) is 11.3 Å². The molecule has 2 aromatic carbocycles. The van der Waals surface area contributed by atoms with E-state index in [0.29, 0.717) is 0 Å². The number of nitrogens with zero attached hydrogens (tertiary/aromatic N) is 1. The van der Waals surface area contributed by atoms with Crippen LogP contribution in [0.5, 0.6) is 0 Å². The van der Waals surface area contributed by atoms with Gasteiger partial charge in [0.15, 0.2) is 0 Å². The average molecular weight is 359 g/mol. The van der Waals surface area contributed by atoms with Crippen LogP contribution >= 0.6 is 0 Å². The number of hydrogen-bond acceptors (Lipinski definition) is 1. The molecule has 0 N–H and O–H groups in total. The molecule has 0 aliphatic rings. The molecule has 1 aromatic heterocycles. The van der Waals surface area contributed by atoms with Crippen LogP contribution in [0.2, 0.25) is 0 Å². The summed E-state index contributed by atoms with van der Waals surface area (Å²) in [6.45, 7) is 0. The van der Waals surface area contributed by atoms with Crippen LogP contribution in [0.4, 0.5) is 0 Å². The van der Waals surface area contributed by atoms with Gasteiger partial charge in [0.2, 0.25) is 0 Å². The van der Waals surface area contributed by atoms with Gasteiger partial charge in [-0.3, -0.25) is 0 Å². The van der Waals surface area contributed by atoms with Crippen molar-refractivity contribution in [2.75, 3.05) is 0 Å². The molecule has 0 fully saturated rings. The molecule has 0 spiro atoms. The minimum absolute atomic E-state index is 0. The molecule has 3 heteroatoms. The summed E-state index contributed by atoms with van der Waals surface area (Å²) < 4.78 is 0. The van der Waals surface area contributed by atoms with Crippen LogP contribution in [0, 0.1) is 6.07 Å². The topological polar surface area (TPSA) is 12.9 Å². The van der Waals surface area contributed by atoms with Gasteiger partial charge in [-0.15, -0.1) is 29.1 Å². The summed E-state index contributed by atoms with van der Waals surface area (Å²) in [5.41, 5.74) is 2.04. The van der Waals surface area contributed by atoms with Crippen LogP contribution in [0.3, 0.4) is 0 Å². The fourth-order valence-electron chi connectivity index (χ4n) is 1.89. The second-order valence-corrected chi connectivity index (χ2v) is 3.65. The van der Waals surface area contributed by atoms with Gasteiger partial charge in [0.05, 0.1) is 0 Å². The van der Waals surface area contributed by atoms with Crippen LogP contribution in [0.25, 0.3) is 22.0 Å². The summed E-state index contributed by atoms with van der Waals surface area (Å²) in [5, 5.41) is 2.42. The van der Waals surface area contributed by atoms with E-state index < -0.39 is 0 Å². The Hall–Kier alpha value is -0.423. The number of benzene rings is 2. The quantitative estimate of drug-likeness (QED) is 0.477. The maximum absolute atomic E-state index is 4.37. The van der Waals surface area contributed by atoms with Gasteiger partial charge in [0, 0.05) is 58.4 Å². The first-order valence-electron chi connectivity index (χ1n) is 5.26. The van der Waals surface area contributed by atoms with Gasteiger partial charge in [-0.2, -0.15) is 0 Å². The molecule has 0 saturated heterocycles. The zero-order valence-corrected chi connectivity index (χ0v) is 15.8. The van der Waals surface area contributed by atoms with Gasteiger partial charge < -0.3 is 4.98 Å². The molecule has 0 bridgehead atoms. The van der Waals surface area contributed by atoms with E-state index in [0.717, 1.165) is 11.3 Å². The summed E-state index contributed by atoms with van der Waals surface area (Å²) in [4.78, 5) is 4.37. The first-order valence-corrected chi connectivity index (χ1v) is 5.26. The molecule has 81 valence electrons. The van der Waals surface area contributed by atoms with E-state index >= 15 is 0 Å². The second-order valence-electron chi connectivity index (χ2n) is 3.65. The molecular weight excluding hydrogens is 348 g/mol. The van der Waals surface area contributed by atoms with E-state index in [1.54, 1.807) is 0 Å². The van der Waals surface area contributed by atoms with Crippen LogP contribution in [0.1, 0.15) is 0 Å². The zero-order valence-electron chi connectivity index (χ0n) is 10.0. The van der Waals surface area contributed by atoms with E-state index in [4.69, 9.17) is 0 Å². The molecule has 1 nitrogen and oxygen atoms in total. The van der Waals surface area contributed by atoms with Gasteiger partial charge in [0.25, 0.3) is 0 Å². The van der Waals surface area contributed by atoms with Crippen molar-refractivity contribution in [3.05, 3.63) is 66.9 Å².